The van der Waals surface area contributed by atoms with E-state index in [0.29, 0.717) is 12.2 Å². The van der Waals surface area contributed by atoms with E-state index in [1.165, 1.54) is 12.1 Å². The molecule has 3 rings (SSSR count). The number of nitro benzene ring substituents is 1. The van der Waals surface area contributed by atoms with Gasteiger partial charge in [-0.3, -0.25) is 10.1 Å². The zero-order valence-electron chi connectivity index (χ0n) is 12.6. The van der Waals surface area contributed by atoms with Crippen molar-refractivity contribution in [2.45, 2.75) is 18.9 Å². The first-order valence-corrected chi connectivity index (χ1v) is 7.64. The van der Waals surface area contributed by atoms with Crippen molar-refractivity contribution in [2.24, 2.45) is 0 Å². The van der Waals surface area contributed by atoms with Gasteiger partial charge in [0, 0.05) is 24.8 Å². The zero-order valence-corrected chi connectivity index (χ0v) is 12.6. The number of piperidine rings is 1. The summed E-state index contributed by atoms with van der Waals surface area (Å²) >= 11 is 0. The van der Waals surface area contributed by atoms with Crippen molar-refractivity contribution in [3.63, 3.8) is 0 Å². The Kier molecular flexibility index (Phi) is 4.41. The van der Waals surface area contributed by atoms with Crippen LogP contribution in [0.4, 0.5) is 21.5 Å². The van der Waals surface area contributed by atoms with E-state index in [-0.39, 0.29) is 11.7 Å². The number of halogens is 1. The van der Waals surface area contributed by atoms with E-state index in [1.807, 2.05) is 35.2 Å². The summed E-state index contributed by atoms with van der Waals surface area (Å²) in [5, 5.41) is 14.6. The summed E-state index contributed by atoms with van der Waals surface area (Å²) in [6, 6.07) is 13.9. The van der Waals surface area contributed by atoms with Gasteiger partial charge in [-0.05, 0) is 37.1 Å². The number of hydrogen-bond acceptors (Lipinski definition) is 4. The minimum Gasteiger partial charge on any atom is -0.381 e. The molecule has 2 aromatic rings. The van der Waals surface area contributed by atoms with Gasteiger partial charge < -0.3 is 10.2 Å². The number of benzene rings is 2. The van der Waals surface area contributed by atoms with Gasteiger partial charge in [-0.2, -0.15) is 0 Å². The minimum atomic E-state index is -0.587. The lowest BCUT2D eigenvalue weighted by molar-refractivity contribution is -0.384. The van der Waals surface area contributed by atoms with Crippen LogP contribution in [0.3, 0.4) is 0 Å². The lowest BCUT2D eigenvalue weighted by Crippen LogP contribution is -2.42. The Bertz CT molecular complexity index is 693. The van der Waals surface area contributed by atoms with E-state index >= 15 is 0 Å². The molecule has 0 amide bonds. The molecule has 1 heterocycles. The first-order valence-electron chi connectivity index (χ1n) is 7.64. The van der Waals surface area contributed by atoms with Crippen LogP contribution in [0.25, 0.3) is 0 Å². The molecule has 1 aliphatic rings. The molecular weight excluding hydrogens is 297 g/mol. The van der Waals surface area contributed by atoms with Gasteiger partial charge in [0.15, 0.2) is 0 Å². The summed E-state index contributed by atoms with van der Waals surface area (Å²) in [6.45, 7) is 1.39. The lowest BCUT2D eigenvalue weighted by Gasteiger charge is -2.35. The molecule has 6 heteroatoms. The van der Waals surface area contributed by atoms with Crippen LogP contribution in [0.5, 0.6) is 0 Å². The summed E-state index contributed by atoms with van der Waals surface area (Å²) in [7, 11) is 0. The topological polar surface area (TPSA) is 58.4 Å². The van der Waals surface area contributed by atoms with Crippen LogP contribution in [-0.2, 0) is 0 Å². The van der Waals surface area contributed by atoms with Crippen molar-refractivity contribution in [3.8, 4) is 0 Å². The van der Waals surface area contributed by atoms with Crippen LogP contribution in [0.2, 0.25) is 0 Å². The Hall–Kier alpha value is -2.63. The predicted octanol–water partition coefficient (Wildman–Crippen LogP) is 3.81. The zero-order chi connectivity index (χ0) is 16.2. The Labute approximate surface area is 133 Å². The molecule has 0 aliphatic carbocycles. The van der Waals surface area contributed by atoms with Gasteiger partial charge in [0.05, 0.1) is 11.0 Å². The van der Waals surface area contributed by atoms with Gasteiger partial charge >= 0.3 is 0 Å². The molecule has 1 saturated heterocycles. The Morgan fingerprint density at radius 1 is 1.22 bits per heavy atom. The highest BCUT2D eigenvalue weighted by Crippen LogP contribution is 2.31. The van der Waals surface area contributed by atoms with Crippen molar-refractivity contribution < 1.29 is 9.31 Å². The average Bonchev–Trinajstić information content (AvgIpc) is 2.56. The molecule has 1 N–H and O–H groups in total. The van der Waals surface area contributed by atoms with Gasteiger partial charge in [0.1, 0.15) is 11.5 Å². The number of nitro groups is 1. The Morgan fingerprint density at radius 3 is 2.74 bits per heavy atom. The monoisotopic (exact) mass is 315 g/mol. The van der Waals surface area contributed by atoms with Gasteiger partial charge in [-0.15, -0.1) is 0 Å². The second-order valence-corrected chi connectivity index (χ2v) is 5.69. The number of para-hydroxylation sites is 1. The molecule has 2 aromatic carbocycles. The lowest BCUT2D eigenvalue weighted by atomic mass is 10.0. The number of rotatable bonds is 4. The maximum Gasteiger partial charge on any atom is 0.295 e. The summed E-state index contributed by atoms with van der Waals surface area (Å²) in [5.41, 5.74) is 1.34. The first kappa shape index (κ1) is 15.3. The van der Waals surface area contributed by atoms with Crippen molar-refractivity contribution in [2.75, 3.05) is 23.3 Å². The number of anilines is 2. The second kappa shape index (κ2) is 6.64. The van der Waals surface area contributed by atoms with Crippen molar-refractivity contribution >= 4 is 17.1 Å². The molecule has 0 aromatic heterocycles. The van der Waals surface area contributed by atoms with E-state index in [1.54, 1.807) is 0 Å². The molecule has 1 fully saturated rings. The van der Waals surface area contributed by atoms with Gasteiger partial charge in [0.2, 0.25) is 0 Å². The quantitative estimate of drug-likeness (QED) is 0.688. The van der Waals surface area contributed by atoms with Crippen molar-refractivity contribution in [3.05, 3.63) is 64.5 Å². The van der Waals surface area contributed by atoms with E-state index in [0.717, 1.165) is 31.1 Å². The van der Waals surface area contributed by atoms with E-state index in [2.05, 4.69) is 5.32 Å². The molecule has 1 atom stereocenters. The van der Waals surface area contributed by atoms with Crippen LogP contribution >= 0.6 is 0 Å². The molecule has 120 valence electrons. The van der Waals surface area contributed by atoms with E-state index < -0.39 is 10.7 Å². The average molecular weight is 315 g/mol. The van der Waals surface area contributed by atoms with Gasteiger partial charge in [0.25, 0.3) is 5.69 Å². The molecule has 0 spiro atoms. The van der Waals surface area contributed by atoms with E-state index in [9.17, 15) is 14.5 Å². The number of hydrogen-bond donors (Lipinski definition) is 1. The van der Waals surface area contributed by atoms with Crippen LogP contribution in [0.1, 0.15) is 12.8 Å². The third kappa shape index (κ3) is 3.59. The van der Waals surface area contributed by atoms with E-state index in [4.69, 9.17) is 0 Å². The SMILES string of the molecule is O=[N+]([O-])c1cc(F)ccc1N1CCCC(Nc2ccccc2)C1. The highest BCUT2D eigenvalue weighted by Gasteiger charge is 2.25. The van der Waals surface area contributed by atoms with Crippen LogP contribution in [0.15, 0.2) is 48.5 Å². The van der Waals surface area contributed by atoms with Gasteiger partial charge in [-0.1, -0.05) is 18.2 Å². The van der Waals surface area contributed by atoms with Gasteiger partial charge in [-0.25, -0.2) is 4.39 Å². The van der Waals surface area contributed by atoms with Crippen molar-refractivity contribution in [1.82, 2.24) is 0 Å². The third-order valence-electron chi connectivity index (χ3n) is 4.04. The maximum atomic E-state index is 13.3. The van der Waals surface area contributed by atoms with Crippen molar-refractivity contribution in [1.29, 1.82) is 0 Å². The molecular formula is C17H18FN3O2. The summed E-state index contributed by atoms with van der Waals surface area (Å²) < 4.78 is 13.3. The molecule has 0 radical (unpaired) electrons. The molecule has 0 saturated carbocycles. The first-order chi connectivity index (χ1) is 11.1. The van der Waals surface area contributed by atoms with Crippen LogP contribution < -0.4 is 10.2 Å². The minimum absolute atomic E-state index is 0.176. The standard InChI is InChI=1S/C17H18FN3O2/c18-13-8-9-16(17(11-13)21(22)23)20-10-4-7-15(12-20)19-14-5-2-1-3-6-14/h1-3,5-6,8-9,11,15,19H,4,7,10,12H2. The summed E-state index contributed by atoms with van der Waals surface area (Å²) in [5.74, 6) is -0.587. The fourth-order valence-corrected chi connectivity index (χ4v) is 2.99. The molecule has 1 aliphatic heterocycles. The largest absolute Gasteiger partial charge is 0.381 e. The number of nitrogens with zero attached hydrogens (tertiary/aromatic N) is 2. The number of nitrogens with one attached hydrogen (secondary N) is 1. The fraction of sp³-hybridized carbons (Fsp3) is 0.294. The second-order valence-electron chi connectivity index (χ2n) is 5.69. The van der Waals surface area contributed by atoms with Crippen LogP contribution in [0, 0.1) is 15.9 Å². The highest BCUT2D eigenvalue weighted by molar-refractivity contribution is 5.63. The molecule has 1 unspecified atom stereocenters. The third-order valence-corrected chi connectivity index (χ3v) is 4.04. The molecule has 5 nitrogen and oxygen atoms in total. The fourth-order valence-electron chi connectivity index (χ4n) is 2.99. The summed E-state index contributed by atoms with van der Waals surface area (Å²) in [6.07, 6.45) is 1.93. The maximum absolute atomic E-state index is 13.3. The Balaban J connectivity index is 1.77. The highest BCUT2D eigenvalue weighted by atomic mass is 19.1. The predicted molar refractivity (Wildman–Crippen MR) is 88.4 cm³/mol. The normalized spacial score (nSPS) is 17.8. The van der Waals surface area contributed by atoms with Crippen LogP contribution in [-0.4, -0.2) is 24.1 Å². The smallest absolute Gasteiger partial charge is 0.295 e. The summed E-state index contributed by atoms with van der Waals surface area (Å²) in [4.78, 5) is 12.6. The molecule has 23 heavy (non-hydrogen) atoms. The molecule has 0 bridgehead atoms. The Morgan fingerprint density at radius 2 is 2.00 bits per heavy atom.